The fourth-order valence-electron chi connectivity index (χ4n) is 3.35. The maximum Gasteiger partial charge on any atom is 0.251 e. The van der Waals surface area contributed by atoms with E-state index in [0.29, 0.717) is 10.7 Å². The summed E-state index contributed by atoms with van der Waals surface area (Å²) in [7, 11) is 1.62. The van der Waals surface area contributed by atoms with E-state index in [9.17, 15) is 9.59 Å². The lowest BCUT2D eigenvalue weighted by Crippen LogP contribution is -2.31. The Labute approximate surface area is 196 Å². The normalized spacial score (nSPS) is 11.4. The Morgan fingerprint density at radius 3 is 2.27 bits per heavy atom. The third-order valence-corrected chi connectivity index (χ3v) is 5.83. The zero-order valence-corrected chi connectivity index (χ0v) is 18.8. The molecule has 0 fully saturated rings. The number of methoxy groups -OCH3 is 1. The van der Waals surface area contributed by atoms with Gasteiger partial charge in [-0.3, -0.25) is 9.59 Å². The first-order valence-corrected chi connectivity index (χ1v) is 11.3. The Balaban J connectivity index is 1.44. The van der Waals surface area contributed by atoms with Crippen molar-refractivity contribution >= 4 is 28.3 Å². The van der Waals surface area contributed by atoms with Crippen molar-refractivity contribution in [1.29, 1.82) is 0 Å². The molecule has 3 aromatic carbocycles. The highest BCUT2D eigenvalue weighted by Gasteiger charge is 2.20. The van der Waals surface area contributed by atoms with E-state index in [1.54, 1.807) is 19.2 Å². The number of hydrogen-bond acceptors (Lipinski definition) is 5. The molecule has 7 heteroatoms. The van der Waals surface area contributed by atoms with Crippen LogP contribution in [0.2, 0.25) is 0 Å². The Hall–Kier alpha value is -3.97. The van der Waals surface area contributed by atoms with E-state index >= 15 is 0 Å². The first-order valence-electron chi connectivity index (χ1n) is 10.4. The van der Waals surface area contributed by atoms with Crippen LogP contribution in [0.25, 0.3) is 11.3 Å². The number of hydrogen-bond donors (Lipinski definition) is 2. The summed E-state index contributed by atoms with van der Waals surface area (Å²) in [6, 6.07) is 25.5. The molecular weight excluding hydrogens is 434 g/mol. The first-order chi connectivity index (χ1) is 16.1. The van der Waals surface area contributed by atoms with Crippen LogP contribution >= 0.6 is 11.3 Å². The topological polar surface area (TPSA) is 80.3 Å². The Morgan fingerprint density at radius 2 is 1.61 bits per heavy atom. The average molecular weight is 458 g/mol. The minimum Gasteiger partial charge on any atom is -0.497 e. The summed E-state index contributed by atoms with van der Waals surface area (Å²) in [6.45, 7) is 0. The standard InChI is InChI=1S/C26H23N3O3S/c1-32-21-14-12-19(13-15-21)23-17-33-26(28-23)29-24(30)16-22(18-8-4-2-5-9-18)27-25(31)20-10-6-3-7-11-20/h2-15,17,22H,16H2,1H3,(H,27,31)(H,28,29,30). The van der Waals surface area contributed by atoms with Crippen molar-refractivity contribution in [2.75, 3.05) is 12.4 Å². The molecule has 0 bridgehead atoms. The van der Waals surface area contributed by atoms with Gasteiger partial charge in [0.05, 0.1) is 25.3 Å². The highest BCUT2D eigenvalue weighted by atomic mass is 32.1. The number of benzene rings is 3. The molecule has 1 unspecified atom stereocenters. The highest BCUT2D eigenvalue weighted by Crippen LogP contribution is 2.27. The molecule has 0 saturated heterocycles. The zero-order valence-electron chi connectivity index (χ0n) is 18.0. The van der Waals surface area contributed by atoms with E-state index in [-0.39, 0.29) is 18.2 Å². The monoisotopic (exact) mass is 457 g/mol. The quantitative estimate of drug-likeness (QED) is 0.375. The van der Waals surface area contributed by atoms with E-state index in [4.69, 9.17) is 4.74 Å². The molecule has 4 aromatic rings. The van der Waals surface area contributed by atoms with Crippen LogP contribution in [0.3, 0.4) is 0 Å². The van der Waals surface area contributed by atoms with Gasteiger partial charge in [0.15, 0.2) is 5.13 Å². The van der Waals surface area contributed by atoms with Crippen molar-refractivity contribution in [3.8, 4) is 17.0 Å². The van der Waals surface area contributed by atoms with Gasteiger partial charge < -0.3 is 15.4 Å². The van der Waals surface area contributed by atoms with Crippen LogP contribution in [0, 0.1) is 0 Å². The molecule has 1 atom stereocenters. The lowest BCUT2D eigenvalue weighted by atomic mass is 10.0. The van der Waals surface area contributed by atoms with Crippen LogP contribution in [0.1, 0.15) is 28.4 Å². The van der Waals surface area contributed by atoms with Gasteiger partial charge >= 0.3 is 0 Å². The lowest BCUT2D eigenvalue weighted by molar-refractivity contribution is -0.116. The van der Waals surface area contributed by atoms with Crippen LogP contribution in [0.15, 0.2) is 90.3 Å². The van der Waals surface area contributed by atoms with E-state index in [2.05, 4.69) is 15.6 Å². The molecule has 0 radical (unpaired) electrons. The van der Waals surface area contributed by atoms with Crippen molar-refractivity contribution in [3.05, 3.63) is 101 Å². The number of carbonyl (C=O) groups is 2. The lowest BCUT2D eigenvalue weighted by Gasteiger charge is -2.19. The van der Waals surface area contributed by atoms with Crippen molar-refractivity contribution in [2.24, 2.45) is 0 Å². The molecule has 1 aromatic heterocycles. The molecule has 0 aliphatic carbocycles. The summed E-state index contributed by atoms with van der Waals surface area (Å²) in [5, 5.41) is 8.24. The van der Waals surface area contributed by atoms with Crippen molar-refractivity contribution in [2.45, 2.75) is 12.5 Å². The van der Waals surface area contributed by atoms with Gasteiger partial charge in [-0.1, -0.05) is 48.5 Å². The van der Waals surface area contributed by atoms with E-state index < -0.39 is 6.04 Å². The van der Waals surface area contributed by atoms with Gasteiger partial charge in [0.2, 0.25) is 5.91 Å². The summed E-state index contributed by atoms with van der Waals surface area (Å²) in [5.74, 6) is 0.313. The largest absolute Gasteiger partial charge is 0.497 e. The summed E-state index contributed by atoms with van der Waals surface area (Å²) in [6.07, 6.45) is 0.0834. The van der Waals surface area contributed by atoms with Gasteiger partial charge in [0.25, 0.3) is 5.91 Å². The summed E-state index contributed by atoms with van der Waals surface area (Å²) in [5.41, 5.74) is 3.11. The summed E-state index contributed by atoms with van der Waals surface area (Å²) >= 11 is 1.35. The van der Waals surface area contributed by atoms with Gasteiger partial charge in [-0.15, -0.1) is 11.3 Å². The molecular formula is C26H23N3O3S. The maximum absolute atomic E-state index is 12.8. The van der Waals surface area contributed by atoms with Gasteiger partial charge in [-0.2, -0.15) is 0 Å². The van der Waals surface area contributed by atoms with Crippen LogP contribution < -0.4 is 15.4 Å². The summed E-state index contributed by atoms with van der Waals surface area (Å²) in [4.78, 5) is 30.1. The molecule has 6 nitrogen and oxygen atoms in total. The van der Waals surface area contributed by atoms with Crippen LogP contribution in [-0.4, -0.2) is 23.9 Å². The molecule has 2 N–H and O–H groups in total. The second kappa shape index (κ2) is 10.6. The van der Waals surface area contributed by atoms with E-state index in [1.165, 1.54) is 11.3 Å². The van der Waals surface area contributed by atoms with Crippen LogP contribution in [-0.2, 0) is 4.79 Å². The molecule has 166 valence electrons. The predicted molar refractivity (Wildman–Crippen MR) is 130 cm³/mol. The first kappa shape index (κ1) is 22.2. The maximum atomic E-state index is 12.8. The van der Waals surface area contributed by atoms with E-state index in [1.807, 2.05) is 78.2 Å². The molecule has 0 aliphatic heterocycles. The third kappa shape index (κ3) is 5.84. The number of nitrogens with one attached hydrogen (secondary N) is 2. The second-order valence-corrected chi connectivity index (χ2v) is 8.18. The second-order valence-electron chi connectivity index (χ2n) is 7.32. The van der Waals surface area contributed by atoms with Gasteiger partial charge in [-0.25, -0.2) is 4.98 Å². The number of aromatic nitrogens is 1. The SMILES string of the molecule is COc1ccc(-c2csc(NC(=O)CC(NC(=O)c3ccccc3)c3ccccc3)n2)cc1. The van der Waals surface area contributed by atoms with Crippen molar-refractivity contribution in [1.82, 2.24) is 10.3 Å². The van der Waals surface area contributed by atoms with Gasteiger partial charge in [0.1, 0.15) is 5.75 Å². The average Bonchev–Trinajstić information content (AvgIpc) is 3.33. The highest BCUT2D eigenvalue weighted by molar-refractivity contribution is 7.14. The molecule has 0 aliphatic rings. The molecule has 33 heavy (non-hydrogen) atoms. The minimum atomic E-state index is -0.472. The van der Waals surface area contributed by atoms with Crippen molar-refractivity contribution in [3.63, 3.8) is 0 Å². The number of amides is 2. The van der Waals surface area contributed by atoms with Gasteiger partial charge in [0, 0.05) is 16.5 Å². The molecule has 0 saturated carbocycles. The molecule has 4 rings (SSSR count). The Kier molecular flexibility index (Phi) is 7.12. The minimum absolute atomic E-state index is 0.0834. The van der Waals surface area contributed by atoms with Gasteiger partial charge in [-0.05, 0) is 42.0 Å². The van der Waals surface area contributed by atoms with Crippen LogP contribution in [0.5, 0.6) is 5.75 Å². The molecule has 0 spiro atoms. The Morgan fingerprint density at radius 1 is 0.939 bits per heavy atom. The molecule has 1 heterocycles. The third-order valence-electron chi connectivity index (χ3n) is 5.07. The number of anilines is 1. The fraction of sp³-hybridized carbons (Fsp3) is 0.115. The number of thiazole rings is 1. The number of ether oxygens (including phenoxy) is 1. The Bertz CT molecular complexity index is 1210. The van der Waals surface area contributed by atoms with Crippen LogP contribution in [0.4, 0.5) is 5.13 Å². The smallest absolute Gasteiger partial charge is 0.251 e. The zero-order chi connectivity index (χ0) is 23.0. The number of nitrogens with zero attached hydrogens (tertiary/aromatic N) is 1. The number of carbonyl (C=O) groups excluding carboxylic acids is 2. The summed E-state index contributed by atoms with van der Waals surface area (Å²) < 4.78 is 5.19. The number of rotatable bonds is 8. The fourth-order valence-corrected chi connectivity index (χ4v) is 4.09. The molecule has 2 amide bonds. The van der Waals surface area contributed by atoms with Crippen molar-refractivity contribution < 1.29 is 14.3 Å². The predicted octanol–water partition coefficient (Wildman–Crippen LogP) is 5.32. The van der Waals surface area contributed by atoms with E-state index in [0.717, 1.165) is 22.6 Å².